The largest absolute Gasteiger partial charge is 0.378 e. The predicted molar refractivity (Wildman–Crippen MR) is 89.7 cm³/mol. The highest BCUT2D eigenvalue weighted by atomic mass is 16.5. The molecule has 0 saturated heterocycles. The number of hydrogen-bond acceptors (Lipinski definition) is 4. The molecule has 0 saturated carbocycles. The molecular weight excluding hydrogens is 276 g/mol. The van der Waals surface area contributed by atoms with Gasteiger partial charge in [0.15, 0.2) is 0 Å². The average Bonchev–Trinajstić information content (AvgIpc) is 2.59. The van der Waals surface area contributed by atoms with Crippen molar-refractivity contribution < 1.29 is 9.47 Å². The molecule has 0 N–H and O–H groups in total. The van der Waals surface area contributed by atoms with E-state index in [1.165, 1.54) is 0 Å². The quantitative estimate of drug-likeness (QED) is 0.582. The fourth-order valence-electron chi connectivity index (χ4n) is 2.00. The fourth-order valence-corrected chi connectivity index (χ4v) is 2.00. The van der Waals surface area contributed by atoms with Gasteiger partial charge >= 0.3 is 0 Å². The van der Waals surface area contributed by atoms with E-state index in [0.29, 0.717) is 13.2 Å². The molecule has 0 aliphatic rings. The Labute approximate surface area is 131 Å². The first-order valence-electron chi connectivity index (χ1n) is 7.07. The Balaban J connectivity index is 2.33. The van der Waals surface area contributed by atoms with Crippen molar-refractivity contribution in [2.75, 3.05) is 27.4 Å². The van der Waals surface area contributed by atoms with Crippen molar-refractivity contribution in [3.8, 4) is 0 Å². The third-order valence-electron chi connectivity index (χ3n) is 3.07. The van der Waals surface area contributed by atoms with Crippen LogP contribution >= 0.6 is 0 Å². The molecule has 0 heterocycles. The second-order valence-electron chi connectivity index (χ2n) is 4.69. The minimum absolute atomic E-state index is 0.405. The van der Waals surface area contributed by atoms with Crippen LogP contribution in [0.5, 0.6) is 0 Å². The molecule has 0 aliphatic heterocycles. The summed E-state index contributed by atoms with van der Waals surface area (Å²) in [7, 11) is 3.30. The highest BCUT2D eigenvalue weighted by Crippen LogP contribution is 2.06. The van der Waals surface area contributed by atoms with Crippen LogP contribution in [0.2, 0.25) is 0 Å². The van der Waals surface area contributed by atoms with E-state index in [2.05, 4.69) is 10.2 Å². The lowest BCUT2D eigenvalue weighted by atomic mass is 10.1. The molecule has 0 spiro atoms. The Morgan fingerprint density at radius 1 is 0.682 bits per heavy atom. The number of rotatable bonds is 7. The Bertz CT molecular complexity index is 565. The van der Waals surface area contributed by atoms with Crippen molar-refractivity contribution in [3.63, 3.8) is 0 Å². The lowest BCUT2D eigenvalue weighted by molar-refractivity contribution is 0.244. The van der Waals surface area contributed by atoms with Crippen LogP contribution in [0.25, 0.3) is 0 Å². The number of nitrogens with zero attached hydrogens (tertiary/aromatic N) is 2. The Hall–Kier alpha value is -2.30. The SMILES string of the molecule is COC/C(=N\N=C(/COC)c1ccccc1)c1ccccc1. The smallest absolute Gasteiger partial charge is 0.0959 e. The first-order chi connectivity index (χ1) is 10.8. The molecule has 4 heteroatoms. The van der Waals surface area contributed by atoms with Gasteiger partial charge in [-0.1, -0.05) is 60.7 Å². The van der Waals surface area contributed by atoms with Gasteiger partial charge in [0.2, 0.25) is 0 Å². The Morgan fingerprint density at radius 2 is 1.05 bits per heavy atom. The van der Waals surface area contributed by atoms with Crippen molar-refractivity contribution in [2.24, 2.45) is 10.2 Å². The van der Waals surface area contributed by atoms with E-state index >= 15 is 0 Å². The molecule has 0 bridgehead atoms. The first-order valence-corrected chi connectivity index (χ1v) is 7.07. The van der Waals surface area contributed by atoms with Gasteiger partial charge < -0.3 is 9.47 Å². The Morgan fingerprint density at radius 3 is 1.36 bits per heavy atom. The number of methoxy groups -OCH3 is 2. The average molecular weight is 296 g/mol. The van der Waals surface area contributed by atoms with Crippen molar-refractivity contribution >= 4 is 11.4 Å². The molecule has 22 heavy (non-hydrogen) atoms. The van der Waals surface area contributed by atoms with Crippen LogP contribution in [0.15, 0.2) is 70.9 Å². The molecule has 0 radical (unpaired) electrons. The van der Waals surface area contributed by atoms with Crippen LogP contribution in [0.4, 0.5) is 0 Å². The molecule has 2 aromatic carbocycles. The molecule has 0 aliphatic carbocycles. The third kappa shape index (κ3) is 4.62. The van der Waals surface area contributed by atoms with E-state index in [-0.39, 0.29) is 0 Å². The molecule has 0 fully saturated rings. The van der Waals surface area contributed by atoms with E-state index in [0.717, 1.165) is 22.6 Å². The summed E-state index contributed by atoms with van der Waals surface area (Å²) in [6, 6.07) is 19.8. The molecule has 114 valence electrons. The van der Waals surface area contributed by atoms with Crippen molar-refractivity contribution in [1.82, 2.24) is 0 Å². The van der Waals surface area contributed by atoms with Crippen LogP contribution in [0.3, 0.4) is 0 Å². The summed E-state index contributed by atoms with van der Waals surface area (Å²) in [4.78, 5) is 0. The van der Waals surface area contributed by atoms with Gasteiger partial charge in [0.1, 0.15) is 0 Å². The summed E-state index contributed by atoms with van der Waals surface area (Å²) in [6.07, 6.45) is 0. The second-order valence-corrected chi connectivity index (χ2v) is 4.69. The van der Waals surface area contributed by atoms with Gasteiger partial charge in [0.05, 0.1) is 24.6 Å². The highest BCUT2D eigenvalue weighted by Gasteiger charge is 2.05. The molecule has 2 aromatic rings. The zero-order valence-electron chi connectivity index (χ0n) is 12.9. The summed E-state index contributed by atoms with van der Waals surface area (Å²) in [5, 5.41) is 8.76. The van der Waals surface area contributed by atoms with Crippen LogP contribution in [0.1, 0.15) is 11.1 Å². The molecule has 2 rings (SSSR count). The molecule has 0 unspecified atom stereocenters. The van der Waals surface area contributed by atoms with Gasteiger partial charge in [-0.05, 0) is 0 Å². The van der Waals surface area contributed by atoms with E-state index < -0.39 is 0 Å². The number of benzene rings is 2. The van der Waals surface area contributed by atoms with Gasteiger partial charge in [-0.3, -0.25) is 0 Å². The monoisotopic (exact) mass is 296 g/mol. The number of hydrogen-bond donors (Lipinski definition) is 0. The van der Waals surface area contributed by atoms with Crippen LogP contribution < -0.4 is 0 Å². The predicted octanol–water partition coefficient (Wildman–Crippen LogP) is 3.17. The Kier molecular flexibility index (Phi) is 6.48. The standard InChI is InChI=1S/C18H20N2O2/c1-21-13-17(15-9-5-3-6-10-15)19-20-18(14-22-2)16-11-7-4-8-12-16/h3-12H,13-14H2,1-2H3/b19-17+,20-18+. The maximum atomic E-state index is 5.23. The minimum atomic E-state index is 0.405. The number of ether oxygens (including phenoxy) is 2. The van der Waals surface area contributed by atoms with Crippen molar-refractivity contribution in [3.05, 3.63) is 71.8 Å². The zero-order valence-corrected chi connectivity index (χ0v) is 12.9. The van der Waals surface area contributed by atoms with Gasteiger partial charge in [-0.2, -0.15) is 10.2 Å². The summed E-state index contributed by atoms with van der Waals surface area (Å²) in [5.41, 5.74) is 3.57. The molecule has 0 atom stereocenters. The topological polar surface area (TPSA) is 43.2 Å². The maximum absolute atomic E-state index is 5.23. The zero-order chi connectivity index (χ0) is 15.6. The van der Waals surface area contributed by atoms with E-state index in [1.807, 2.05) is 60.7 Å². The summed E-state index contributed by atoms with van der Waals surface area (Å²) in [5.74, 6) is 0. The molecule has 0 aromatic heterocycles. The van der Waals surface area contributed by atoms with Crippen molar-refractivity contribution in [2.45, 2.75) is 0 Å². The van der Waals surface area contributed by atoms with Crippen molar-refractivity contribution in [1.29, 1.82) is 0 Å². The van der Waals surface area contributed by atoms with Gasteiger partial charge in [-0.25, -0.2) is 0 Å². The normalized spacial score (nSPS) is 12.5. The third-order valence-corrected chi connectivity index (χ3v) is 3.07. The molecular formula is C18H20N2O2. The molecule has 0 amide bonds. The lowest BCUT2D eigenvalue weighted by Gasteiger charge is -2.06. The van der Waals surface area contributed by atoms with Crippen LogP contribution in [0, 0.1) is 0 Å². The van der Waals surface area contributed by atoms with Crippen LogP contribution in [-0.4, -0.2) is 38.9 Å². The summed E-state index contributed by atoms with van der Waals surface area (Å²) >= 11 is 0. The molecule has 4 nitrogen and oxygen atoms in total. The van der Waals surface area contributed by atoms with E-state index in [9.17, 15) is 0 Å². The summed E-state index contributed by atoms with van der Waals surface area (Å²) in [6.45, 7) is 0.811. The second kappa shape index (κ2) is 8.87. The van der Waals surface area contributed by atoms with E-state index in [1.54, 1.807) is 14.2 Å². The van der Waals surface area contributed by atoms with Gasteiger partial charge in [-0.15, -0.1) is 0 Å². The van der Waals surface area contributed by atoms with Gasteiger partial charge in [0.25, 0.3) is 0 Å². The van der Waals surface area contributed by atoms with E-state index in [4.69, 9.17) is 9.47 Å². The minimum Gasteiger partial charge on any atom is -0.378 e. The van der Waals surface area contributed by atoms with Gasteiger partial charge in [0, 0.05) is 25.3 Å². The first kappa shape index (κ1) is 16.1. The summed E-state index contributed by atoms with van der Waals surface area (Å²) < 4.78 is 10.5. The maximum Gasteiger partial charge on any atom is 0.0959 e. The lowest BCUT2D eigenvalue weighted by Crippen LogP contribution is -2.11. The fraction of sp³-hybridized carbons (Fsp3) is 0.222. The highest BCUT2D eigenvalue weighted by molar-refractivity contribution is 6.04. The van der Waals surface area contributed by atoms with Crippen LogP contribution in [-0.2, 0) is 9.47 Å².